The van der Waals surface area contributed by atoms with Gasteiger partial charge in [0.15, 0.2) is 11.6 Å². The number of hydrogen-bond acceptors (Lipinski definition) is 5. The van der Waals surface area contributed by atoms with E-state index in [0.29, 0.717) is 17.0 Å². The molecule has 0 N–H and O–H groups in total. The van der Waals surface area contributed by atoms with Crippen LogP contribution in [-0.2, 0) is 7.05 Å². The molecule has 0 saturated carbocycles. The summed E-state index contributed by atoms with van der Waals surface area (Å²) in [5.74, 6) is 2.56. The first-order valence-corrected chi connectivity index (χ1v) is 10.2. The van der Waals surface area contributed by atoms with Gasteiger partial charge in [0.2, 0.25) is 0 Å². The quantitative estimate of drug-likeness (QED) is 0.368. The largest absolute Gasteiger partial charge is 0.496 e. The fourth-order valence-electron chi connectivity index (χ4n) is 3.80. The first kappa shape index (κ1) is 21.9. The van der Waals surface area contributed by atoms with Crippen molar-refractivity contribution in [3.8, 4) is 35.0 Å². The van der Waals surface area contributed by atoms with Gasteiger partial charge in [-0.15, -0.1) is 6.42 Å². The van der Waals surface area contributed by atoms with Gasteiger partial charge in [0.05, 0.1) is 38.2 Å². The molecule has 0 aliphatic rings. The van der Waals surface area contributed by atoms with Crippen molar-refractivity contribution in [3.63, 3.8) is 0 Å². The number of nitrogens with zero attached hydrogens (tertiary/aromatic N) is 4. The second kappa shape index (κ2) is 9.05. The summed E-state index contributed by atoms with van der Waals surface area (Å²) in [5.41, 5.74) is 4.10. The third kappa shape index (κ3) is 3.99. The lowest BCUT2D eigenvalue weighted by Crippen LogP contribution is -2.20. The molecule has 2 aromatic carbocycles. The second-order valence-corrected chi connectivity index (χ2v) is 7.36. The number of halogens is 1. The Morgan fingerprint density at radius 1 is 1.15 bits per heavy atom. The smallest absolute Gasteiger partial charge is 0.189 e. The van der Waals surface area contributed by atoms with Gasteiger partial charge < -0.3 is 14.4 Å². The minimum absolute atomic E-state index is 0.0517. The third-order valence-corrected chi connectivity index (χ3v) is 5.38. The molecule has 4 rings (SSSR count). The molecule has 0 atom stereocenters. The molecule has 0 spiro atoms. The van der Waals surface area contributed by atoms with Crippen LogP contribution in [0.2, 0.25) is 0 Å². The number of anilines is 2. The van der Waals surface area contributed by atoms with Gasteiger partial charge in [-0.25, -0.2) is 4.39 Å². The van der Waals surface area contributed by atoms with Crippen LogP contribution in [0.15, 0.2) is 55.5 Å². The Bertz CT molecular complexity index is 1390. The van der Waals surface area contributed by atoms with Gasteiger partial charge >= 0.3 is 0 Å². The summed E-state index contributed by atoms with van der Waals surface area (Å²) in [6, 6.07) is 9.18. The molecule has 4 aromatic rings. The highest BCUT2D eigenvalue weighted by Gasteiger charge is 2.24. The molecule has 0 unspecified atom stereocenters. The summed E-state index contributed by atoms with van der Waals surface area (Å²) in [5, 5.41) is 5.11. The molecule has 0 bridgehead atoms. The summed E-state index contributed by atoms with van der Waals surface area (Å²) in [7, 11) is 4.78. The zero-order valence-corrected chi connectivity index (χ0v) is 18.7. The Morgan fingerprint density at radius 3 is 2.58 bits per heavy atom. The summed E-state index contributed by atoms with van der Waals surface area (Å²) in [6.45, 7) is 3.97. The molecule has 0 aliphatic heterocycles. The average Bonchev–Trinajstić information content (AvgIpc) is 3.28. The number of terminal acetylenes is 1. The summed E-state index contributed by atoms with van der Waals surface area (Å²) < 4.78 is 28.0. The van der Waals surface area contributed by atoms with Gasteiger partial charge in [-0.05, 0) is 24.3 Å². The topological polar surface area (TPSA) is 52.4 Å². The summed E-state index contributed by atoms with van der Waals surface area (Å²) in [4.78, 5) is 6.27. The van der Waals surface area contributed by atoms with Crippen LogP contribution in [0.5, 0.6) is 11.5 Å². The zero-order chi connectivity index (χ0) is 23.5. The van der Waals surface area contributed by atoms with Gasteiger partial charge in [0.1, 0.15) is 5.75 Å². The molecule has 2 aromatic heterocycles. The number of hydrogen-bond donors (Lipinski definition) is 0. The predicted molar refractivity (Wildman–Crippen MR) is 129 cm³/mol. The van der Waals surface area contributed by atoms with Crippen molar-refractivity contribution in [2.45, 2.75) is 0 Å². The number of fused-ring (bicyclic) bond motifs is 1. The molecule has 33 heavy (non-hydrogen) atoms. The van der Waals surface area contributed by atoms with Crippen molar-refractivity contribution in [1.29, 1.82) is 0 Å². The number of pyridine rings is 1. The van der Waals surface area contributed by atoms with Crippen molar-refractivity contribution >= 4 is 28.4 Å². The monoisotopic (exact) mass is 442 g/mol. The van der Waals surface area contributed by atoms with E-state index >= 15 is 4.39 Å². The Kier molecular flexibility index (Phi) is 6.01. The highest BCUT2D eigenvalue weighted by atomic mass is 19.1. The fraction of sp³-hybridized carbons (Fsp3) is 0.154. The van der Waals surface area contributed by atoms with Gasteiger partial charge in [-0.2, -0.15) is 5.10 Å². The van der Waals surface area contributed by atoms with E-state index in [9.17, 15) is 0 Å². The molecular weight excluding hydrogens is 419 g/mol. The van der Waals surface area contributed by atoms with E-state index in [1.54, 1.807) is 28.1 Å². The summed E-state index contributed by atoms with van der Waals surface area (Å²) >= 11 is 0. The third-order valence-electron chi connectivity index (χ3n) is 5.38. The number of aryl methyl sites for hydroxylation is 1. The maximum absolute atomic E-state index is 15.5. The Balaban J connectivity index is 1.90. The van der Waals surface area contributed by atoms with E-state index in [1.807, 2.05) is 37.5 Å². The van der Waals surface area contributed by atoms with Gasteiger partial charge in [-0.1, -0.05) is 18.6 Å². The van der Waals surface area contributed by atoms with Gasteiger partial charge in [0.25, 0.3) is 0 Å². The minimum Gasteiger partial charge on any atom is -0.496 e. The molecule has 6 nitrogen and oxygen atoms in total. The minimum atomic E-state index is -0.550. The average molecular weight is 442 g/mol. The molecule has 0 saturated heterocycles. The molecule has 2 heterocycles. The van der Waals surface area contributed by atoms with Crippen molar-refractivity contribution < 1.29 is 13.9 Å². The molecule has 0 amide bonds. The number of ether oxygens (including phenoxy) is 2. The maximum Gasteiger partial charge on any atom is 0.189 e. The fourth-order valence-corrected chi connectivity index (χ4v) is 3.80. The van der Waals surface area contributed by atoms with Crippen LogP contribution < -0.4 is 14.4 Å². The number of aromatic nitrogens is 3. The van der Waals surface area contributed by atoms with E-state index in [0.717, 1.165) is 22.0 Å². The molecular formula is C26H23FN4O2. The van der Waals surface area contributed by atoms with Crippen LogP contribution in [0.25, 0.3) is 28.1 Å². The van der Waals surface area contributed by atoms with Crippen LogP contribution in [0.3, 0.4) is 0 Å². The van der Waals surface area contributed by atoms with E-state index in [4.69, 9.17) is 15.9 Å². The molecule has 0 fully saturated rings. The standard InChI is InChI=1S/C26H23FN4O2/c1-6-10-31(26-21(7-2)23(32-4)13-24(33-5)25(26)27)20-8-9-22-17(12-20)11-18(14-28-22)19-15-29-30(3)16-19/h1,7-9,11-16H,2,10H2,3-5H3. The normalized spacial score (nSPS) is 10.6. The number of methoxy groups -OCH3 is 2. The Hall–Kier alpha value is -4.31. The van der Waals surface area contributed by atoms with Crippen LogP contribution in [-0.4, -0.2) is 35.5 Å². The van der Waals surface area contributed by atoms with E-state index in [1.165, 1.54) is 20.3 Å². The van der Waals surface area contributed by atoms with Crippen LogP contribution in [0.1, 0.15) is 5.56 Å². The predicted octanol–water partition coefficient (Wildman–Crippen LogP) is 5.21. The second-order valence-electron chi connectivity index (χ2n) is 7.36. The lowest BCUT2D eigenvalue weighted by Gasteiger charge is -2.27. The van der Waals surface area contributed by atoms with E-state index < -0.39 is 5.82 Å². The van der Waals surface area contributed by atoms with Crippen LogP contribution >= 0.6 is 0 Å². The number of benzene rings is 2. The van der Waals surface area contributed by atoms with Crippen molar-refractivity contribution in [2.75, 3.05) is 25.7 Å². The van der Waals surface area contributed by atoms with Crippen molar-refractivity contribution in [3.05, 3.63) is 66.9 Å². The summed E-state index contributed by atoms with van der Waals surface area (Å²) in [6.07, 6.45) is 12.7. The lowest BCUT2D eigenvalue weighted by atomic mass is 10.1. The Labute approximate surface area is 191 Å². The van der Waals surface area contributed by atoms with Gasteiger partial charge in [-0.3, -0.25) is 9.67 Å². The van der Waals surface area contributed by atoms with E-state index in [-0.39, 0.29) is 18.0 Å². The van der Waals surface area contributed by atoms with Gasteiger partial charge in [0, 0.05) is 53.3 Å². The lowest BCUT2D eigenvalue weighted by molar-refractivity contribution is 0.374. The van der Waals surface area contributed by atoms with Crippen LogP contribution in [0.4, 0.5) is 15.8 Å². The van der Waals surface area contributed by atoms with Crippen molar-refractivity contribution in [1.82, 2.24) is 14.8 Å². The zero-order valence-electron chi connectivity index (χ0n) is 18.7. The maximum atomic E-state index is 15.5. The number of rotatable bonds is 7. The van der Waals surface area contributed by atoms with E-state index in [2.05, 4.69) is 22.6 Å². The highest BCUT2D eigenvalue weighted by molar-refractivity contribution is 5.89. The first-order valence-electron chi connectivity index (χ1n) is 10.2. The molecule has 7 heteroatoms. The van der Waals surface area contributed by atoms with Crippen LogP contribution in [0, 0.1) is 18.2 Å². The SMILES string of the molecule is C#CCN(c1ccc2ncc(-c3cnn(C)c3)cc2c1)c1c(F)c(OC)cc(OC)c1C=C. The Morgan fingerprint density at radius 2 is 1.94 bits per heavy atom. The molecule has 0 aliphatic carbocycles. The molecule has 166 valence electrons. The highest BCUT2D eigenvalue weighted by Crippen LogP contribution is 2.42. The first-order chi connectivity index (χ1) is 16.0. The van der Waals surface area contributed by atoms with Crippen molar-refractivity contribution in [2.24, 2.45) is 7.05 Å². The molecule has 0 radical (unpaired) electrons.